The van der Waals surface area contributed by atoms with Crippen molar-refractivity contribution < 1.29 is 9.66 Å². The van der Waals surface area contributed by atoms with Crippen molar-refractivity contribution in [3.63, 3.8) is 0 Å². The van der Waals surface area contributed by atoms with Gasteiger partial charge in [-0.15, -0.1) is 0 Å². The highest BCUT2D eigenvalue weighted by Gasteiger charge is 2.19. The largest absolute Gasteiger partial charge is 0.482 e. The molecule has 2 aromatic rings. The topological polar surface area (TPSA) is 77.3 Å². The van der Waals surface area contributed by atoms with Gasteiger partial charge in [0.05, 0.1) is 15.0 Å². The Labute approximate surface area is 130 Å². The van der Waals surface area contributed by atoms with Gasteiger partial charge in [-0.05, 0) is 6.07 Å². The Bertz CT molecular complexity index is 680. The molecule has 0 radical (unpaired) electrons. The number of nitro benzene ring substituents is 1. The maximum Gasteiger partial charge on any atom is 0.312 e. The number of nitro groups is 1. The Morgan fingerprint density at radius 3 is 2.76 bits per heavy atom. The molecular formula is C13H11Cl2N3O3. The summed E-state index contributed by atoms with van der Waals surface area (Å²) in [5.74, 6) is 0.695. The van der Waals surface area contributed by atoms with Crippen LogP contribution >= 0.6 is 23.2 Å². The first-order valence-electron chi connectivity index (χ1n) is 5.90. The van der Waals surface area contributed by atoms with Gasteiger partial charge in [-0.3, -0.25) is 10.1 Å². The predicted molar refractivity (Wildman–Crippen MR) is 81.2 cm³/mol. The molecule has 0 atom stereocenters. The van der Waals surface area contributed by atoms with E-state index in [9.17, 15) is 10.1 Å². The summed E-state index contributed by atoms with van der Waals surface area (Å²) >= 11 is 11.7. The highest BCUT2D eigenvalue weighted by Crippen LogP contribution is 2.36. The van der Waals surface area contributed by atoms with Crippen molar-refractivity contribution >= 4 is 34.7 Å². The second-order valence-corrected chi connectivity index (χ2v) is 4.86. The summed E-state index contributed by atoms with van der Waals surface area (Å²) in [6, 6.07) is 6.06. The number of aromatic nitrogens is 1. The van der Waals surface area contributed by atoms with Crippen molar-refractivity contribution in [3.05, 3.63) is 56.2 Å². The third-order valence-corrected chi connectivity index (χ3v) is 3.43. The number of hydrogen-bond acceptors (Lipinski definition) is 5. The molecule has 0 aliphatic carbocycles. The number of hydrogen-bond donors (Lipinski definition) is 1. The van der Waals surface area contributed by atoms with Crippen LogP contribution < -0.4 is 10.1 Å². The Morgan fingerprint density at radius 2 is 2.10 bits per heavy atom. The molecule has 0 bridgehead atoms. The molecule has 2 rings (SSSR count). The minimum absolute atomic E-state index is 0.0558. The Morgan fingerprint density at radius 1 is 1.38 bits per heavy atom. The molecule has 0 saturated heterocycles. The smallest absolute Gasteiger partial charge is 0.312 e. The highest BCUT2D eigenvalue weighted by molar-refractivity contribution is 6.42. The summed E-state index contributed by atoms with van der Waals surface area (Å²) < 4.78 is 5.50. The fourth-order valence-electron chi connectivity index (χ4n) is 1.71. The lowest BCUT2D eigenvalue weighted by atomic mass is 10.2. The molecular weight excluding hydrogens is 317 g/mol. The SMILES string of the molecule is CNc1ncccc1COc1cc(Cl)c(Cl)cc1[N+](=O)[O-]. The Kier molecular flexibility index (Phi) is 4.82. The van der Waals surface area contributed by atoms with E-state index >= 15 is 0 Å². The molecule has 1 N–H and O–H groups in total. The van der Waals surface area contributed by atoms with Gasteiger partial charge in [0.25, 0.3) is 0 Å². The molecule has 0 spiro atoms. The van der Waals surface area contributed by atoms with Gasteiger partial charge in [-0.2, -0.15) is 0 Å². The standard InChI is InChI=1S/C13H11Cl2N3O3/c1-16-13-8(3-2-4-17-13)7-21-12-6-10(15)9(14)5-11(12)18(19)20/h2-6H,7H2,1H3,(H,16,17). The summed E-state index contributed by atoms with van der Waals surface area (Å²) in [7, 11) is 1.73. The molecule has 0 unspecified atom stereocenters. The van der Waals surface area contributed by atoms with Crippen LogP contribution in [0.4, 0.5) is 11.5 Å². The zero-order valence-corrected chi connectivity index (χ0v) is 12.5. The van der Waals surface area contributed by atoms with Crippen molar-refractivity contribution in [2.24, 2.45) is 0 Å². The van der Waals surface area contributed by atoms with Crippen LogP contribution in [0.15, 0.2) is 30.5 Å². The number of anilines is 1. The highest BCUT2D eigenvalue weighted by atomic mass is 35.5. The predicted octanol–water partition coefficient (Wildman–Crippen LogP) is 3.92. The van der Waals surface area contributed by atoms with Gasteiger partial charge in [0.15, 0.2) is 5.75 Å². The number of ether oxygens (including phenoxy) is 1. The van der Waals surface area contributed by atoms with Crippen LogP contribution in [0, 0.1) is 10.1 Å². The molecule has 0 aliphatic rings. The molecule has 0 saturated carbocycles. The molecule has 0 amide bonds. The molecule has 110 valence electrons. The zero-order chi connectivity index (χ0) is 15.4. The van der Waals surface area contributed by atoms with Gasteiger partial charge in [-0.25, -0.2) is 4.98 Å². The fourth-order valence-corrected chi connectivity index (χ4v) is 2.02. The van der Waals surface area contributed by atoms with E-state index in [1.807, 2.05) is 6.07 Å². The van der Waals surface area contributed by atoms with E-state index in [0.29, 0.717) is 5.82 Å². The lowest BCUT2D eigenvalue weighted by molar-refractivity contribution is -0.385. The average molecular weight is 328 g/mol. The van der Waals surface area contributed by atoms with Gasteiger partial charge in [0, 0.05) is 30.9 Å². The maximum absolute atomic E-state index is 11.0. The third kappa shape index (κ3) is 3.53. The third-order valence-electron chi connectivity index (χ3n) is 2.71. The summed E-state index contributed by atoms with van der Waals surface area (Å²) in [6.45, 7) is 0.114. The van der Waals surface area contributed by atoms with E-state index in [4.69, 9.17) is 27.9 Å². The van der Waals surface area contributed by atoms with Crippen LogP contribution in [0.25, 0.3) is 0 Å². The number of halogens is 2. The molecule has 21 heavy (non-hydrogen) atoms. The second-order valence-electron chi connectivity index (χ2n) is 4.04. The monoisotopic (exact) mass is 327 g/mol. The first-order valence-corrected chi connectivity index (χ1v) is 6.66. The number of benzene rings is 1. The minimum atomic E-state index is -0.570. The average Bonchev–Trinajstić information content (AvgIpc) is 2.48. The minimum Gasteiger partial charge on any atom is -0.482 e. The molecule has 0 aliphatic heterocycles. The van der Waals surface area contributed by atoms with Crippen LogP contribution in [-0.4, -0.2) is 17.0 Å². The molecule has 1 aromatic heterocycles. The number of nitrogens with one attached hydrogen (secondary N) is 1. The van der Waals surface area contributed by atoms with Crippen LogP contribution in [0.3, 0.4) is 0 Å². The van der Waals surface area contributed by atoms with Crippen LogP contribution in [0.1, 0.15) is 5.56 Å². The molecule has 8 heteroatoms. The summed E-state index contributed by atoms with van der Waals surface area (Å²) in [5.41, 5.74) is 0.527. The fraction of sp³-hybridized carbons (Fsp3) is 0.154. The van der Waals surface area contributed by atoms with Gasteiger partial charge in [0.1, 0.15) is 12.4 Å². The lowest BCUT2D eigenvalue weighted by Gasteiger charge is -2.10. The van der Waals surface area contributed by atoms with E-state index in [2.05, 4.69) is 10.3 Å². The number of rotatable bonds is 5. The molecule has 0 fully saturated rings. The second kappa shape index (κ2) is 6.60. The van der Waals surface area contributed by atoms with Crippen LogP contribution in [0.2, 0.25) is 10.0 Å². The van der Waals surface area contributed by atoms with Crippen molar-refractivity contribution in [2.75, 3.05) is 12.4 Å². The van der Waals surface area contributed by atoms with Gasteiger partial charge < -0.3 is 10.1 Å². The van der Waals surface area contributed by atoms with E-state index in [0.717, 1.165) is 5.56 Å². The summed E-state index contributed by atoms with van der Waals surface area (Å²) in [6.07, 6.45) is 1.64. The summed E-state index contributed by atoms with van der Waals surface area (Å²) in [5, 5.41) is 14.2. The van der Waals surface area contributed by atoms with E-state index in [1.165, 1.54) is 12.1 Å². The normalized spacial score (nSPS) is 10.2. The lowest BCUT2D eigenvalue weighted by Crippen LogP contribution is -2.03. The molecule has 1 aromatic carbocycles. The van der Waals surface area contributed by atoms with Crippen LogP contribution in [0.5, 0.6) is 5.75 Å². The van der Waals surface area contributed by atoms with E-state index < -0.39 is 4.92 Å². The number of pyridine rings is 1. The molecule has 1 heterocycles. The van der Waals surface area contributed by atoms with E-state index in [1.54, 1.807) is 19.3 Å². The van der Waals surface area contributed by atoms with Crippen LogP contribution in [-0.2, 0) is 6.61 Å². The maximum atomic E-state index is 11.0. The van der Waals surface area contributed by atoms with Crippen molar-refractivity contribution in [1.82, 2.24) is 4.98 Å². The van der Waals surface area contributed by atoms with Gasteiger partial charge in [0.2, 0.25) is 0 Å². The zero-order valence-electron chi connectivity index (χ0n) is 11.0. The first-order chi connectivity index (χ1) is 10.0. The Balaban J connectivity index is 2.27. The quantitative estimate of drug-likeness (QED) is 0.665. The van der Waals surface area contributed by atoms with E-state index in [-0.39, 0.29) is 28.1 Å². The first kappa shape index (κ1) is 15.3. The van der Waals surface area contributed by atoms with Gasteiger partial charge in [-0.1, -0.05) is 29.3 Å². The van der Waals surface area contributed by atoms with Gasteiger partial charge >= 0.3 is 5.69 Å². The Hall–Kier alpha value is -2.05. The summed E-state index contributed by atoms with van der Waals surface area (Å²) in [4.78, 5) is 14.6. The van der Waals surface area contributed by atoms with Crippen molar-refractivity contribution in [2.45, 2.75) is 6.61 Å². The van der Waals surface area contributed by atoms with Crippen molar-refractivity contribution in [3.8, 4) is 5.75 Å². The van der Waals surface area contributed by atoms with Crippen molar-refractivity contribution in [1.29, 1.82) is 0 Å². The number of nitrogens with zero attached hydrogens (tertiary/aromatic N) is 2. The molecule has 6 nitrogen and oxygen atoms in total.